The molecule has 1 N–H and O–H groups in total. The predicted molar refractivity (Wildman–Crippen MR) is 80.1 cm³/mol. The summed E-state index contributed by atoms with van der Waals surface area (Å²) in [5, 5.41) is 3.56. The first-order valence-electron chi connectivity index (χ1n) is 7.57. The normalized spacial score (nSPS) is 19.5. The summed E-state index contributed by atoms with van der Waals surface area (Å²) in [6.07, 6.45) is 2.61. The first-order chi connectivity index (χ1) is 9.19. The minimum absolute atomic E-state index is 0.657. The Morgan fingerprint density at radius 3 is 2.74 bits per heavy atom. The molecule has 0 saturated carbocycles. The molecule has 0 aromatic carbocycles. The van der Waals surface area contributed by atoms with Crippen LogP contribution in [0.15, 0.2) is 18.2 Å². The van der Waals surface area contributed by atoms with Crippen LogP contribution < -0.4 is 5.32 Å². The molecule has 2 heterocycles. The maximum Gasteiger partial charge on any atom is 0.0547 e. The average molecular weight is 261 g/mol. The number of piperidine rings is 1. The topological polar surface area (TPSA) is 28.2 Å². The monoisotopic (exact) mass is 261 g/mol. The van der Waals surface area contributed by atoms with Crippen LogP contribution in [0.1, 0.15) is 38.1 Å². The number of pyridine rings is 1. The van der Waals surface area contributed by atoms with E-state index in [4.69, 9.17) is 0 Å². The fourth-order valence-electron chi connectivity index (χ4n) is 3.02. The van der Waals surface area contributed by atoms with Gasteiger partial charge in [0.15, 0.2) is 0 Å². The Labute approximate surface area is 117 Å². The third-order valence-electron chi connectivity index (χ3n) is 4.20. The largest absolute Gasteiger partial charge is 0.314 e. The van der Waals surface area contributed by atoms with E-state index < -0.39 is 0 Å². The van der Waals surface area contributed by atoms with E-state index in [0.717, 1.165) is 24.7 Å². The Balaban J connectivity index is 1.80. The van der Waals surface area contributed by atoms with Crippen LogP contribution in [0.4, 0.5) is 0 Å². The lowest BCUT2D eigenvalue weighted by molar-refractivity contribution is 0.156. The van der Waals surface area contributed by atoms with Crippen LogP contribution >= 0.6 is 0 Å². The summed E-state index contributed by atoms with van der Waals surface area (Å²) in [5.41, 5.74) is 2.33. The van der Waals surface area contributed by atoms with E-state index in [9.17, 15) is 0 Å². The number of aromatic nitrogens is 1. The van der Waals surface area contributed by atoms with Gasteiger partial charge in [-0.25, -0.2) is 0 Å². The van der Waals surface area contributed by atoms with Crippen LogP contribution in [-0.2, 0) is 6.54 Å². The first-order valence-corrected chi connectivity index (χ1v) is 7.57. The van der Waals surface area contributed by atoms with Crippen molar-refractivity contribution in [3.8, 4) is 0 Å². The van der Waals surface area contributed by atoms with Gasteiger partial charge in [0.1, 0.15) is 0 Å². The quantitative estimate of drug-likeness (QED) is 0.883. The summed E-state index contributed by atoms with van der Waals surface area (Å²) < 4.78 is 0. The molecular weight excluding hydrogens is 234 g/mol. The highest BCUT2D eigenvalue weighted by Gasteiger charge is 2.23. The molecule has 0 bridgehead atoms. The van der Waals surface area contributed by atoms with Gasteiger partial charge < -0.3 is 5.32 Å². The van der Waals surface area contributed by atoms with Crippen molar-refractivity contribution < 1.29 is 0 Å². The van der Waals surface area contributed by atoms with Crippen molar-refractivity contribution in [2.24, 2.45) is 5.92 Å². The molecule has 2 rings (SSSR count). The van der Waals surface area contributed by atoms with E-state index in [1.165, 1.54) is 31.6 Å². The van der Waals surface area contributed by atoms with Crippen molar-refractivity contribution in [1.82, 2.24) is 15.2 Å². The van der Waals surface area contributed by atoms with Crippen LogP contribution in [0.2, 0.25) is 0 Å². The average Bonchev–Trinajstić information content (AvgIpc) is 2.40. The van der Waals surface area contributed by atoms with E-state index in [-0.39, 0.29) is 0 Å². The highest BCUT2D eigenvalue weighted by Crippen LogP contribution is 2.21. The van der Waals surface area contributed by atoms with Crippen molar-refractivity contribution in [1.29, 1.82) is 0 Å². The van der Waals surface area contributed by atoms with Gasteiger partial charge in [-0.05, 0) is 64.4 Å². The molecule has 1 aromatic heterocycles. The Hall–Kier alpha value is -0.930. The smallest absolute Gasteiger partial charge is 0.0547 e. The molecule has 1 saturated heterocycles. The lowest BCUT2D eigenvalue weighted by Gasteiger charge is -2.35. The fraction of sp³-hybridized carbons (Fsp3) is 0.688. The van der Waals surface area contributed by atoms with E-state index >= 15 is 0 Å². The molecule has 0 aliphatic carbocycles. The molecule has 0 radical (unpaired) electrons. The molecule has 1 aromatic rings. The summed E-state index contributed by atoms with van der Waals surface area (Å²) in [7, 11) is 0. The van der Waals surface area contributed by atoms with Crippen molar-refractivity contribution in [3.63, 3.8) is 0 Å². The predicted octanol–water partition coefficient (Wildman–Crippen LogP) is 2.60. The van der Waals surface area contributed by atoms with Crippen molar-refractivity contribution >= 4 is 0 Å². The minimum Gasteiger partial charge on any atom is -0.314 e. The summed E-state index contributed by atoms with van der Waals surface area (Å²) in [4.78, 5) is 7.14. The molecule has 19 heavy (non-hydrogen) atoms. The molecule has 1 unspecified atom stereocenters. The molecule has 3 heteroatoms. The standard InChI is InChI=1S/C16H27N3/c1-4-17-14(3)15-8-10-19(11-9-15)12-16-7-5-6-13(2)18-16/h5-7,14-15,17H,4,8-12H2,1-3H3. The molecular formula is C16H27N3. The Morgan fingerprint density at radius 1 is 1.37 bits per heavy atom. The molecule has 1 atom stereocenters. The summed E-state index contributed by atoms with van der Waals surface area (Å²) in [6.45, 7) is 11.1. The molecule has 1 aliphatic rings. The molecule has 0 spiro atoms. The number of rotatable bonds is 5. The van der Waals surface area contributed by atoms with Gasteiger partial charge in [0.05, 0.1) is 5.69 Å². The first kappa shape index (κ1) is 14.5. The van der Waals surface area contributed by atoms with E-state index in [1.54, 1.807) is 0 Å². The molecule has 3 nitrogen and oxygen atoms in total. The molecule has 106 valence electrons. The van der Waals surface area contributed by atoms with Gasteiger partial charge in [-0.3, -0.25) is 9.88 Å². The number of aryl methyl sites for hydroxylation is 1. The lowest BCUT2D eigenvalue weighted by atomic mass is 9.90. The summed E-state index contributed by atoms with van der Waals surface area (Å²) in [5.74, 6) is 0.835. The van der Waals surface area contributed by atoms with Crippen LogP contribution in [0, 0.1) is 12.8 Å². The zero-order valence-corrected chi connectivity index (χ0v) is 12.5. The fourth-order valence-corrected chi connectivity index (χ4v) is 3.02. The third-order valence-corrected chi connectivity index (χ3v) is 4.20. The molecule has 1 fully saturated rings. The zero-order chi connectivity index (χ0) is 13.7. The number of hydrogen-bond acceptors (Lipinski definition) is 3. The number of nitrogens with zero attached hydrogens (tertiary/aromatic N) is 2. The second kappa shape index (κ2) is 7.01. The molecule has 1 aliphatic heterocycles. The maximum atomic E-state index is 4.60. The van der Waals surface area contributed by atoms with Crippen LogP contribution in [0.5, 0.6) is 0 Å². The second-order valence-corrected chi connectivity index (χ2v) is 5.73. The van der Waals surface area contributed by atoms with Crippen LogP contribution in [0.25, 0.3) is 0 Å². The summed E-state index contributed by atoms with van der Waals surface area (Å²) >= 11 is 0. The van der Waals surface area contributed by atoms with E-state index in [2.05, 4.69) is 54.2 Å². The van der Waals surface area contributed by atoms with Gasteiger partial charge in [0, 0.05) is 18.3 Å². The zero-order valence-electron chi connectivity index (χ0n) is 12.5. The van der Waals surface area contributed by atoms with Crippen molar-refractivity contribution in [2.75, 3.05) is 19.6 Å². The van der Waals surface area contributed by atoms with Gasteiger partial charge >= 0.3 is 0 Å². The third kappa shape index (κ3) is 4.29. The maximum absolute atomic E-state index is 4.60. The van der Waals surface area contributed by atoms with Crippen LogP contribution in [-0.4, -0.2) is 35.6 Å². The SMILES string of the molecule is CCNC(C)C1CCN(Cc2cccc(C)n2)CC1. The number of nitrogens with one attached hydrogen (secondary N) is 1. The van der Waals surface area contributed by atoms with Crippen molar-refractivity contribution in [3.05, 3.63) is 29.6 Å². The van der Waals surface area contributed by atoms with Crippen molar-refractivity contribution in [2.45, 2.75) is 46.2 Å². The lowest BCUT2D eigenvalue weighted by Crippen LogP contribution is -2.41. The van der Waals surface area contributed by atoms with Gasteiger partial charge in [0.25, 0.3) is 0 Å². The Bertz CT molecular complexity index is 383. The van der Waals surface area contributed by atoms with E-state index in [1.807, 2.05) is 0 Å². The van der Waals surface area contributed by atoms with Gasteiger partial charge in [-0.1, -0.05) is 13.0 Å². The second-order valence-electron chi connectivity index (χ2n) is 5.73. The summed E-state index contributed by atoms with van der Waals surface area (Å²) in [6, 6.07) is 6.97. The minimum atomic E-state index is 0.657. The Kier molecular flexibility index (Phi) is 5.34. The van der Waals surface area contributed by atoms with Crippen LogP contribution in [0.3, 0.4) is 0 Å². The van der Waals surface area contributed by atoms with Gasteiger partial charge in [-0.2, -0.15) is 0 Å². The number of likely N-dealkylation sites (tertiary alicyclic amines) is 1. The van der Waals surface area contributed by atoms with E-state index in [0.29, 0.717) is 6.04 Å². The highest BCUT2D eigenvalue weighted by molar-refractivity contribution is 5.09. The highest BCUT2D eigenvalue weighted by atomic mass is 15.1. The number of hydrogen-bond donors (Lipinski definition) is 1. The van der Waals surface area contributed by atoms with Gasteiger partial charge in [-0.15, -0.1) is 0 Å². The molecule has 0 amide bonds. The Morgan fingerprint density at radius 2 is 2.11 bits per heavy atom. The van der Waals surface area contributed by atoms with Gasteiger partial charge in [0.2, 0.25) is 0 Å².